The molecular weight excluding hydrogens is 284 g/mol. The molecule has 22 heavy (non-hydrogen) atoms. The fraction of sp³-hybridized carbons (Fsp3) is 0.562. The molecule has 120 valence electrons. The Morgan fingerprint density at radius 3 is 2.82 bits per heavy atom. The van der Waals surface area contributed by atoms with Gasteiger partial charge in [0.05, 0.1) is 4.92 Å². The number of carbonyl (C=O) groups is 1. The lowest BCUT2D eigenvalue weighted by Crippen LogP contribution is -2.43. The third kappa shape index (κ3) is 4.19. The van der Waals surface area contributed by atoms with E-state index in [2.05, 4.69) is 12.2 Å². The normalized spacial score (nSPS) is 21.2. The van der Waals surface area contributed by atoms with Crippen LogP contribution in [0.5, 0.6) is 5.75 Å². The van der Waals surface area contributed by atoms with Crippen molar-refractivity contribution in [2.24, 2.45) is 5.92 Å². The van der Waals surface area contributed by atoms with Crippen molar-refractivity contribution < 1.29 is 14.5 Å². The molecule has 2 unspecified atom stereocenters. The van der Waals surface area contributed by atoms with E-state index >= 15 is 0 Å². The van der Waals surface area contributed by atoms with Crippen LogP contribution in [0.1, 0.15) is 38.2 Å². The van der Waals surface area contributed by atoms with Crippen molar-refractivity contribution >= 4 is 11.6 Å². The van der Waals surface area contributed by atoms with Crippen LogP contribution in [-0.4, -0.2) is 23.5 Å². The number of ether oxygens (including phenoxy) is 1. The summed E-state index contributed by atoms with van der Waals surface area (Å²) in [4.78, 5) is 22.4. The fourth-order valence-corrected chi connectivity index (χ4v) is 2.81. The summed E-state index contributed by atoms with van der Waals surface area (Å²) in [5.74, 6) is 0.373. The van der Waals surface area contributed by atoms with Gasteiger partial charge in [0, 0.05) is 12.1 Å². The van der Waals surface area contributed by atoms with Crippen LogP contribution in [0.15, 0.2) is 18.2 Å². The standard InChI is InChI=1S/C16H22N2O4/c1-11-7-8-14(18(20)21)15(9-11)22-10-16(19)17-13-6-4-3-5-12(13)2/h7-9,12-13H,3-6,10H2,1-2H3,(H,17,19). The first-order valence-corrected chi connectivity index (χ1v) is 7.64. The van der Waals surface area contributed by atoms with Crippen molar-refractivity contribution in [3.05, 3.63) is 33.9 Å². The smallest absolute Gasteiger partial charge is 0.310 e. The Balaban J connectivity index is 1.93. The Morgan fingerprint density at radius 2 is 2.14 bits per heavy atom. The summed E-state index contributed by atoms with van der Waals surface area (Å²) in [5.41, 5.74) is 0.728. The van der Waals surface area contributed by atoms with Gasteiger partial charge in [-0.25, -0.2) is 0 Å². The van der Waals surface area contributed by atoms with Gasteiger partial charge < -0.3 is 10.1 Å². The Bertz CT molecular complexity index is 559. The number of rotatable bonds is 5. The van der Waals surface area contributed by atoms with Crippen LogP contribution < -0.4 is 10.1 Å². The number of nitro benzene ring substituents is 1. The number of nitrogens with zero attached hydrogens (tertiary/aromatic N) is 1. The zero-order chi connectivity index (χ0) is 16.1. The van der Waals surface area contributed by atoms with Gasteiger partial charge in [-0.05, 0) is 37.3 Å². The molecule has 0 spiro atoms. The molecule has 0 heterocycles. The largest absolute Gasteiger partial charge is 0.477 e. The molecule has 0 aliphatic heterocycles. The summed E-state index contributed by atoms with van der Waals surface area (Å²) in [6, 6.07) is 4.80. The second-order valence-electron chi connectivity index (χ2n) is 5.95. The lowest BCUT2D eigenvalue weighted by Gasteiger charge is -2.29. The quantitative estimate of drug-likeness (QED) is 0.669. The average molecular weight is 306 g/mol. The summed E-state index contributed by atoms with van der Waals surface area (Å²) in [5, 5.41) is 13.9. The molecule has 1 N–H and O–H groups in total. The van der Waals surface area contributed by atoms with E-state index in [1.807, 2.05) is 6.92 Å². The number of benzene rings is 1. The molecule has 1 saturated carbocycles. The number of carbonyl (C=O) groups excluding carboxylic acids is 1. The van der Waals surface area contributed by atoms with E-state index in [4.69, 9.17) is 4.74 Å². The van der Waals surface area contributed by atoms with E-state index < -0.39 is 4.92 Å². The second kappa shape index (κ2) is 7.24. The third-order valence-electron chi connectivity index (χ3n) is 4.13. The molecule has 1 aromatic rings. The molecule has 1 amide bonds. The molecule has 2 rings (SSSR count). The summed E-state index contributed by atoms with van der Waals surface area (Å²) in [6.07, 6.45) is 4.44. The van der Waals surface area contributed by atoms with Crippen LogP contribution in [0.3, 0.4) is 0 Å². The number of hydrogen-bond donors (Lipinski definition) is 1. The van der Waals surface area contributed by atoms with Gasteiger partial charge in [0.25, 0.3) is 5.91 Å². The van der Waals surface area contributed by atoms with E-state index in [9.17, 15) is 14.9 Å². The van der Waals surface area contributed by atoms with Crippen LogP contribution in [0.25, 0.3) is 0 Å². The Kier molecular flexibility index (Phi) is 5.35. The fourth-order valence-electron chi connectivity index (χ4n) is 2.81. The molecule has 0 radical (unpaired) electrons. The number of nitro groups is 1. The van der Waals surface area contributed by atoms with Gasteiger partial charge in [0.2, 0.25) is 0 Å². The molecule has 6 heteroatoms. The minimum Gasteiger partial charge on any atom is -0.477 e. The maximum atomic E-state index is 12.0. The van der Waals surface area contributed by atoms with Crippen LogP contribution in [-0.2, 0) is 4.79 Å². The van der Waals surface area contributed by atoms with Crippen molar-refractivity contribution in [3.63, 3.8) is 0 Å². The van der Waals surface area contributed by atoms with E-state index in [0.717, 1.165) is 24.8 Å². The van der Waals surface area contributed by atoms with E-state index in [1.165, 1.54) is 12.5 Å². The number of hydrogen-bond acceptors (Lipinski definition) is 4. The molecule has 0 aromatic heterocycles. The average Bonchev–Trinajstić information content (AvgIpc) is 2.47. The zero-order valence-electron chi connectivity index (χ0n) is 13.0. The predicted molar refractivity (Wildman–Crippen MR) is 82.9 cm³/mol. The zero-order valence-corrected chi connectivity index (χ0v) is 13.0. The third-order valence-corrected chi connectivity index (χ3v) is 4.13. The maximum Gasteiger partial charge on any atom is 0.310 e. The van der Waals surface area contributed by atoms with Gasteiger partial charge in [-0.3, -0.25) is 14.9 Å². The molecule has 6 nitrogen and oxygen atoms in total. The molecule has 2 atom stereocenters. The van der Waals surface area contributed by atoms with Crippen molar-refractivity contribution in [1.82, 2.24) is 5.32 Å². The number of amides is 1. The van der Waals surface area contributed by atoms with Crippen molar-refractivity contribution in [2.75, 3.05) is 6.61 Å². The first-order chi connectivity index (χ1) is 10.5. The molecular formula is C16H22N2O4. The number of aryl methyl sites for hydroxylation is 1. The lowest BCUT2D eigenvalue weighted by atomic mass is 9.86. The topological polar surface area (TPSA) is 81.5 Å². The molecule has 1 aromatic carbocycles. The first kappa shape index (κ1) is 16.3. The summed E-state index contributed by atoms with van der Waals surface area (Å²) in [7, 11) is 0. The summed E-state index contributed by atoms with van der Waals surface area (Å²) < 4.78 is 5.36. The van der Waals surface area contributed by atoms with Gasteiger partial charge in [-0.15, -0.1) is 0 Å². The van der Waals surface area contributed by atoms with Crippen LogP contribution in [0.4, 0.5) is 5.69 Å². The van der Waals surface area contributed by atoms with E-state index in [0.29, 0.717) is 5.92 Å². The van der Waals surface area contributed by atoms with Crippen molar-refractivity contribution in [1.29, 1.82) is 0 Å². The van der Waals surface area contributed by atoms with Crippen molar-refractivity contribution in [2.45, 2.75) is 45.6 Å². The van der Waals surface area contributed by atoms with E-state index in [-0.39, 0.29) is 30.0 Å². The number of nitrogens with one attached hydrogen (secondary N) is 1. The van der Waals surface area contributed by atoms with Gasteiger partial charge in [-0.2, -0.15) is 0 Å². The summed E-state index contributed by atoms with van der Waals surface area (Å²) in [6.45, 7) is 3.75. The molecule has 0 bridgehead atoms. The Hall–Kier alpha value is -2.11. The van der Waals surface area contributed by atoms with Gasteiger partial charge >= 0.3 is 5.69 Å². The molecule has 1 aliphatic carbocycles. The summed E-state index contributed by atoms with van der Waals surface area (Å²) >= 11 is 0. The molecule has 1 fully saturated rings. The molecule has 1 aliphatic rings. The van der Waals surface area contributed by atoms with Crippen LogP contribution >= 0.6 is 0 Å². The van der Waals surface area contributed by atoms with Crippen LogP contribution in [0, 0.1) is 23.0 Å². The van der Waals surface area contributed by atoms with Gasteiger partial charge in [0.15, 0.2) is 12.4 Å². The highest BCUT2D eigenvalue weighted by Crippen LogP contribution is 2.28. The van der Waals surface area contributed by atoms with Crippen molar-refractivity contribution in [3.8, 4) is 5.75 Å². The minimum absolute atomic E-state index is 0.121. The SMILES string of the molecule is Cc1ccc([N+](=O)[O-])c(OCC(=O)NC2CCCCC2C)c1. The van der Waals surface area contributed by atoms with E-state index in [1.54, 1.807) is 12.1 Å². The van der Waals surface area contributed by atoms with Crippen LogP contribution in [0.2, 0.25) is 0 Å². The Morgan fingerprint density at radius 1 is 1.41 bits per heavy atom. The maximum absolute atomic E-state index is 12.0. The minimum atomic E-state index is -0.504. The highest BCUT2D eigenvalue weighted by Gasteiger charge is 2.23. The van der Waals surface area contributed by atoms with Gasteiger partial charge in [0.1, 0.15) is 0 Å². The predicted octanol–water partition coefficient (Wildman–Crippen LogP) is 2.98. The second-order valence-corrected chi connectivity index (χ2v) is 5.95. The highest BCUT2D eigenvalue weighted by atomic mass is 16.6. The monoisotopic (exact) mass is 306 g/mol. The lowest BCUT2D eigenvalue weighted by molar-refractivity contribution is -0.385. The Labute approximate surface area is 130 Å². The highest BCUT2D eigenvalue weighted by molar-refractivity contribution is 5.78. The first-order valence-electron chi connectivity index (χ1n) is 7.64. The molecule has 0 saturated heterocycles. The van der Waals surface area contributed by atoms with Gasteiger partial charge in [-0.1, -0.05) is 25.8 Å².